The van der Waals surface area contributed by atoms with Gasteiger partial charge < -0.3 is 5.73 Å². The van der Waals surface area contributed by atoms with Crippen molar-refractivity contribution >= 4 is 0 Å². The number of hydrogen-bond donors (Lipinski definition) is 1. The molecule has 0 saturated heterocycles. The Kier molecular flexibility index (Phi) is 4.13. The number of hydrogen-bond acceptors (Lipinski definition) is 2. The van der Waals surface area contributed by atoms with Gasteiger partial charge in [-0.05, 0) is 30.5 Å². The van der Waals surface area contributed by atoms with Crippen molar-refractivity contribution in [3.8, 4) is 0 Å². The standard InChI is InChI=1S/C14H16F3N3/c1-2-20-9-10(8-19-20)7-13(18)11-5-3-4-6-12(11)14(15,16)17/h3-6,8-9,13H,2,7,18H2,1H3. The van der Waals surface area contributed by atoms with E-state index in [1.165, 1.54) is 12.1 Å². The molecule has 1 heterocycles. The summed E-state index contributed by atoms with van der Waals surface area (Å²) in [6.45, 7) is 2.66. The minimum Gasteiger partial charge on any atom is -0.324 e. The molecule has 0 bridgehead atoms. The van der Waals surface area contributed by atoms with E-state index in [-0.39, 0.29) is 5.56 Å². The first kappa shape index (κ1) is 14.6. The molecular weight excluding hydrogens is 267 g/mol. The van der Waals surface area contributed by atoms with Gasteiger partial charge in [-0.3, -0.25) is 4.68 Å². The van der Waals surface area contributed by atoms with Crippen LogP contribution in [0.25, 0.3) is 0 Å². The first-order chi connectivity index (χ1) is 9.41. The van der Waals surface area contributed by atoms with E-state index in [0.717, 1.165) is 11.6 Å². The third kappa shape index (κ3) is 3.19. The van der Waals surface area contributed by atoms with Crippen LogP contribution in [-0.4, -0.2) is 9.78 Å². The molecule has 0 amide bonds. The molecule has 2 N–H and O–H groups in total. The zero-order chi connectivity index (χ0) is 14.8. The second-order valence-electron chi connectivity index (χ2n) is 4.60. The van der Waals surface area contributed by atoms with Gasteiger partial charge in [0.1, 0.15) is 0 Å². The molecule has 2 rings (SSSR count). The third-order valence-corrected chi connectivity index (χ3v) is 3.13. The van der Waals surface area contributed by atoms with Gasteiger partial charge in [0.15, 0.2) is 0 Å². The van der Waals surface area contributed by atoms with Crippen LogP contribution in [0.3, 0.4) is 0 Å². The number of aryl methyl sites for hydroxylation is 1. The average molecular weight is 283 g/mol. The zero-order valence-corrected chi connectivity index (χ0v) is 11.1. The Morgan fingerprint density at radius 3 is 2.60 bits per heavy atom. The van der Waals surface area contributed by atoms with Crippen molar-refractivity contribution < 1.29 is 13.2 Å². The van der Waals surface area contributed by atoms with Gasteiger partial charge in [-0.15, -0.1) is 0 Å². The van der Waals surface area contributed by atoms with E-state index >= 15 is 0 Å². The lowest BCUT2D eigenvalue weighted by Crippen LogP contribution is -2.19. The van der Waals surface area contributed by atoms with Crippen molar-refractivity contribution in [1.29, 1.82) is 0 Å². The summed E-state index contributed by atoms with van der Waals surface area (Å²) in [6.07, 6.45) is -0.621. The maximum Gasteiger partial charge on any atom is 0.416 e. The van der Waals surface area contributed by atoms with Gasteiger partial charge in [0.05, 0.1) is 11.8 Å². The van der Waals surface area contributed by atoms with Crippen LogP contribution in [0.2, 0.25) is 0 Å². The van der Waals surface area contributed by atoms with E-state index in [4.69, 9.17) is 5.73 Å². The van der Waals surface area contributed by atoms with Gasteiger partial charge in [-0.25, -0.2) is 0 Å². The van der Waals surface area contributed by atoms with Crippen molar-refractivity contribution in [3.63, 3.8) is 0 Å². The van der Waals surface area contributed by atoms with Gasteiger partial charge in [-0.1, -0.05) is 18.2 Å². The number of rotatable bonds is 4. The van der Waals surface area contributed by atoms with Crippen LogP contribution < -0.4 is 5.73 Å². The molecule has 1 aromatic heterocycles. The van der Waals surface area contributed by atoms with Gasteiger partial charge >= 0.3 is 6.18 Å². The SMILES string of the molecule is CCn1cc(CC(N)c2ccccc2C(F)(F)F)cn1. The Labute approximate surface area is 115 Å². The molecule has 2 aromatic rings. The largest absolute Gasteiger partial charge is 0.416 e. The second kappa shape index (κ2) is 5.66. The fraction of sp³-hybridized carbons (Fsp3) is 0.357. The van der Waals surface area contributed by atoms with E-state index in [2.05, 4.69) is 5.10 Å². The summed E-state index contributed by atoms with van der Waals surface area (Å²) in [5.41, 5.74) is 6.21. The van der Waals surface area contributed by atoms with Crippen LogP contribution in [0.15, 0.2) is 36.7 Å². The molecule has 0 radical (unpaired) electrons. The number of nitrogens with zero attached hydrogens (tertiary/aromatic N) is 2. The molecule has 108 valence electrons. The highest BCUT2D eigenvalue weighted by molar-refractivity contribution is 5.33. The number of benzene rings is 1. The van der Waals surface area contributed by atoms with Crippen LogP contribution in [-0.2, 0) is 19.1 Å². The van der Waals surface area contributed by atoms with E-state index in [1.807, 2.05) is 6.92 Å². The molecule has 0 aliphatic heterocycles. The molecule has 1 unspecified atom stereocenters. The molecule has 0 fully saturated rings. The summed E-state index contributed by atoms with van der Waals surface area (Å²) >= 11 is 0. The van der Waals surface area contributed by atoms with Crippen molar-refractivity contribution in [2.24, 2.45) is 5.73 Å². The summed E-state index contributed by atoms with van der Waals surface area (Å²) in [5.74, 6) is 0. The summed E-state index contributed by atoms with van der Waals surface area (Å²) in [4.78, 5) is 0. The monoisotopic (exact) mass is 283 g/mol. The Hall–Kier alpha value is -1.82. The number of aromatic nitrogens is 2. The summed E-state index contributed by atoms with van der Waals surface area (Å²) < 4.78 is 40.5. The van der Waals surface area contributed by atoms with E-state index in [1.54, 1.807) is 23.1 Å². The number of alkyl halides is 3. The van der Waals surface area contributed by atoms with E-state index in [0.29, 0.717) is 13.0 Å². The lowest BCUT2D eigenvalue weighted by Gasteiger charge is -2.17. The highest BCUT2D eigenvalue weighted by Gasteiger charge is 2.34. The summed E-state index contributed by atoms with van der Waals surface area (Å²) in [6, 6.07) is 4.72. The topological polar surface area (TPSA) is 43.8 Å². The van der Waals surface area contributed by atoms with Gasteiger partial charge in [0.25, 0.3) is 0 Å². The van der Waals surface area contributed by atoms with Crippen LogP contribution in [0.4, 0.5) is 13.2 Å². The number of halogens is 3. The smallest absolute Gasteiger partial charge is 0.324 e. The van der Waals surface area contributed by atoms with Crippen LogP contribution in [0.5, 0.6) is 0 Å². The highest BCUT2D eigenvalue weighted by Crippen LogP contribution is 2.34. The molecule has 0 aliphatic carbocycles. The molecule has 6 heteroatoms. The minimum atomic E-state index is -4.39. The van der Waals surface area contributed by atoms with Gasteiger partial charge in [0.2, 0.25) is 0 Å². The molecule has 20 heavy (non-hydrogen) atoms. The van der Waals surface area contributed by atoms with Gasteiger partial charge in [0, 0.05) is 18.8 Å². The predicted octanol–water partition coefficient (Wildman–Crippen LogP) is 3.16. The maximum atomic E-state index is 12.9. The fourth-order valence-corrected chi connectivity index (χ4v) is 2.13. The predicted molar refractivity (Wildman–Crippen MR) is 70.0 cm³/mol. The Balaban J connectivity index is 2.23. The number of nitrogens with two attached hydrogens (primary N) is 1. The molecule has 1 atom stereocenters. The summed E-state index contributed by atoms with van der Waals surface area (Å²) in [7, 11) is 0. The first-order valence-corrected chi connectivity index (χ1v) is 6.35. The fourth-order valence-electron chi connectivity index (χ4n) is 2.13. The van der Waals surface area contributed by atoms with Gasteiger partial charge in [-0.2, -0.15) is 18.3 Å². The van der Waals surface area contributed by atoms with E-state index < -0.39 is 17.8 Å². The minimum absolute atomic E-state index is 0.115. The lowest BCUT2D eigenvalue weighted by molar-refractivity contribution is -0.138. The highest BCUT2D eigenvalue weighted by atomic mass is 19.4. The summed E-state index contributed by atoms with van der Waals surface area (Å²) in [5, 5.41) is 4.09. The normalized spacial score (nSPS) is 13.4. The van der Waals surface area contributed by atoms with Crippen molar-refractivity contribution in [2.75, 3.05) is 0 Å². The third-order valence-electron chi connectivity index (χ3n) is 3.13. The Morgan fingerprint density at radius 2 is 2.00 bits per heavy atom. The quantitative estimate of drug-likeness (QED) is 0.936. The average Bonchev–Trinajstić information content (AvgIpc) is 2.85. The van der Waals surface area contributed by atoms with Crippen LogP contribution >= 0.6 is 0 Å². The lowest BCUT2D eigenvalue weighted by atomic mass is 9.96. The Bertz CT molecular complexity index is 575. The zero-order valence-electron chi connectivity index (χ0n) is 11.1. The van der Waals surface area contributed by atoms with E-state index in [9.17, 15) is 13.2 Å². The molecule has 1 aromatic carbocycles. The van der Waals surface area contributed by atoms with Crippen molar-refractivity contribution in [3.05, 3.63) is 53.3 Å². The molecular formula is C14H16F3N3. The molecule has 0 saturated carbocycles. The van der Waals surface area contributed by atoms with Crippen molar-refractivity contribution in [2.45, 2.75) is 32.1 Å². The molecule has 0 spiro atoms. The molecule has 0 aliphatic rings. The maximum absolute atomic E-state index is 12.9. The van der Waals surface area contributed by atoms with Crippen LogP contribution in [0.1, 0.15) is 29.7 Å². The second-order valence-corrected chi connectivity index (χ2v) is 4.60. The Morgan fingerprint density at radius 1 is 1.30 bits per heavy atom. The first-order valence-electron chi connectivity index (χ1n) is 6.35. The van der Waals surface area contributed by atoms with Crippen LogP contribution in [0, 0.1) is 0 Å². The van der Waals surface area contributed by atoms with Crippen molar-refractivity contribution in [1.82, 2.24) is 9.78 Å². The molecule has 3 nitrogen and oxygen atoms in total.